The number of epoxide rings is 1. The summed E-state index contributed by atoms with van der Waals surface area (Å²) >= 11 is 0. The Balaban J connectivity index is 1.70. The Hall–Kier alpha value is -0.0400. The third-order valence-corrected chi connectivity index (χ3v) is 2.27. The molecule has 1 rings (SSSR count). The molecule has 0 aromatic heterocycles. The van der Waals surface area contributed by atoms with Crippen molar-refractivity contribution in [3.63, 3.8) is 0 Å². The summed E-state index contributed by atoms with van der Waals surface area (Å²) in [7, 11) is 0. The topological polar surface area (TPSA) is 12.5 Å². The van der Waals surface area contributed by atoms with Gasteiger partial charge < -0.3 is 4.74 Å². The van der Waals surface area contributed by atoms with Crippen LogP contribution in [0.25, 0.3) is 0 Å². The van der Waals surface area contributed by atoms with Crippen molar-refractivity contribution >= 4 is 0 Å². The Morgan fingerprint density at radius 1 is 1.42 bits per heavy atom. The number of hydrogen-bond acceptors (Lipinski definition) is 1. The van der Waals surface area contributed by atoms with Crippen molar-refractivity contribution in [2.45, 2.75) is 52.1 Å². The van der Waals surface area contributed by atoms with Crippen LogP contribution in [0, 0.1) is 12.3 Å². The zero-order chi connectivity index (χ0) is 8.81. The third kappa shape index (κ3) is 5.59. The lowest BCUT2D eigenvalue weighted by atomic mass is 10.0. The molecule has 1 nitrogen and oxygen atoms in total. The molecule has 0 spiro atoms. The lowest BCUT2D eigenvalue weighted by Crippen LogP contribution is -1.89. The summed E-state index contributed by atoms with van der Waals surface area (Å²) in [6, 6.07) is 0. The van der Waals surface area contributed by atoms with Crippen molar-refractivity contribution in [2.24, 2.45) is 5.92 Å². The lowest BCUT2D eigenvalue weighted by Gasteiger charge is -2.03. The normalized spacial score (nSPS) is 21.8. The monoisotopic (exact) mass is 169 g/mol. The van der Waals surface area contributed by atoms with E-state index >= 15 is 0 Å². The van der Waals surface area contributed by atoms with E-state index in [4.69, 9.17) is 4.74 Å². The fourth-order valence-electron chi connectivity index (χ4n) is 1.35. The number of rotatable bonds is 7. The van der Waals surface area contributed by atoms with Crippen molar-refractivity contribution in [1.29, 1.82) is 0 Å². The lowest BCUT2D eigenvalue weighted by molar-refractivity contribution is 0.403. The molecular weight excluding hydrogens is 148 g/mol. The maximum absolute atomic E-state index is 5.12. The quantitative estimate of drug-likeness (QED) is 0.421. The van der Waals surface area contributed by atoms with Gasteiger partial charge in [-0.15, -0.1) is 0 Å². The first-order valence-corrected chi connectivity index (χ1v) is 5.22. The summed E-state index contributed by atoms with van der Waals surface area (Å²) in [6.07, 6.45) is 9.58. The average molecular weight is 169 g/mol. The fraction of sp³-hybridized carbons (Fsp3) is 0.909. The SMILES string of the molecule is CC(C)CCCC[CH]CC1CO1. The maximum Gasteiger partial charge on any atom is 0.0812 e. The summed E-state index contributed by atoms with van der Waals surface area (Å²) in [5, 5.41) is 0. The molecule has 12 heavy (non-hydrogen) atoms. The fourth-order valence-corrected chi connectivity index (χ4v) is 1.35. The Kier molecular flexibility index (Phi) is 4.67. The van der Waals surface area contributed by atoms with E-state index < -0.39 is 0 Å². The minimum absolute atomic E-state index is 0.593. The van der Waals surface area contributed by atoms with E-state index in [0.717, 1.165) is 12.5 Å². The Morgan fingerprint density at radius 3 is 2.75 bits per heavy atom. The molecule has 0 aliphatic carbocycles. The van der Waals surface area contributed by atoms with Gasteiger partial charge in [0.15, 0.2) is 0 Å². The van der Waals surface area contributed by atoms with Gasteiger partial charge in [0.05, 0.1) is 12.7 Å². The minimum atomic E-state index is 0.593. The molecule has 1 heterocycles. The predicted octanol–water partition coefficient (Wildman–Crippen LogP) is 3.20. The molecule has 1 unspecified atom stereocenters. The molecule has 1 radical (unpaired) electrons. The molecule has 1 aliphatic heterocycles. The maximum atomic E-state index is 5.12. The molecule has 0 N–H and O–H groups in total. The Morgan fingerprint density at radius 2 is 2.17 bits per heavy atom. The zero-order valence-corrected chi connectivity index (χ0v) is 8.38. The smallest absolute Gasteiger partial charge is 0.0812 e. The van der Waals surface area contributed by atoms with Crippen LogP contribution in [0.3, 0.4) is 0 Å². The summed E-state index contributed by atoms with van der Waals surface area (Å²) in [5.74, 6) is 0.872. The molecule has 1 saturated heterocycles. The van der Waals surface area contributed by atoms with Crippen LogP contribution in [0.4, 0.5) is 0 Å². The van der Waals surface area contributed by atoms with Gasteiger partial charge in [-0.25, -0.2) is 0 Å². The molecule has 0 bridgehead atoms. The molecule has 1 aliphatic rings. The van der Waals surface area contributed by atoms with Crippen LogP contribution in [0.1, 0.15) is 46.0 Å². The molecule has 0 saturated carbocycles. The number of unbranched alkanes of at least 4 members (excludes halogenated alkanes) is 3. The molecule has 1 fully saturated rings. The van der Waals surface area contributed by atoms with E-state index in [9.17, 15) is 0 Å². The van der Waals surface area contributed by atoms with Crippen molar-refractivity contribution in [3.8, 4) is 0 Å². The Labute approximate surface area is 76.5 Å². The Bertz CT molecular complexity index is 99.6. The van der Waals surface area contributed by atoms with Gasteiger partial charge in [0.2, 0.25) is 0 Å². The molecule has 1 atom stereocenters. The highest BCUT2D eigenvalue weighted by Crippen LogP contribution is 2.17. The molecule has 1 heteroatoms. The minimum Gasteiger partial charge on any atom is -0.373 e. The second-order valence-corrected chi connectivity index (χ2v) is 4.16. The van der Waals surface area contributed by atoms with Crippen LogP contribution in [-0.2, 0) is 4.74 Å². The van der Waals surface area contributed by atoms with Crippen LogP contribution in [0.5, 0.6) is 0 Å². The van der Waals surface area contributed by atoms with Crippen molar-refractivity contribution in [3.05, 3.63) is 6.42 Å². The van der Waals surface area contributed by atoms with E-state index in [0.29, 0.717) is 6.10 Å². The van der Waals surface area contributed by atoms with Crippen molar-refractivity contribution in [2.75, 3.05) is 6.61 Å². The van der Waals surface area contributed by atoms with Gasteiger partial charge in [0, 0.05) is 0 Å². The number of hydrogen-bond donors (Lipinski definition) is 0. The van der Waals surface area contributed by atoms with E-state index in [2.05, 4.69) is 20.3 Å². The van der Waals surface area contributed by atoms with Crippen LogP contribution in [0.2, 0.25) is 0 Å². The second kappa shape index (κ2) is 5.58. The van der Waals surface area contributed by atoms with Gasteiger partial charge in [-0.2, -0.15) is 0 Å². The number of ether oxygens (including phenoxy) is 1. The van der Waals surface area contributed by atoms with Crippen LogP contribution >= 0.6 is 0 Å². The second-order valence-electron chi connectivity index (χ2n) is 4.16. The van der Waals surface area contributed by atoms with E-state index in [1.54, 1.807) is 0 Å². The van der Waals surface area contributed by atoms with Gasteiger partial charge >= 0.3 is 0 Å². The zero-order valence-electron chi connectivity index (χ0n) is 8.38. The highest BCUT2D eigenvalue weighted by atomic mass is 16.6. The van der Waals surface area contributed by atoms with Crippen LogP contribution in [-0.4, -0.2) is 12.7 Å². The average Bonchev–Trinajstić information content (AvgIpc) is 2.79. The van der Waals surface area contributed by atoms with Crippen molar-refractivity contribution < 1.29 is 4.74 Å². The van der Waals surface area contributed by atoms with E-state index in [-0.39, 0.29) is 0 Å². The van der Waals surface area contributed by atoms with Crippen molar-refractivity contribution in [1.82, 2.24) is 0 Å². The standard InChI is InChI=1S/C11H21O/c1-10(2)7-5-3-4-6-8-11-9-12-11/h6,10-11H,3-5,7-9H2,1-2H3. The summed E-state index contributed by atoms with van der Waals surface area (Å²) < 4.78 is 5.12. The molecular formula is C11H21O. The summed E-state index contributed by atoms with van der Waals surface area (Å²) in [6.45, 7) is 5.59. The van der Waals surface area contributed by atoms with Gasteiger partial charge in [0.25, 0.3) is 0 Å². The third-order valence-electron chi connectivity index (χ3n) is 2.27. The van der Waals surface area contributed by atoms with E-state index in [1.165, 1.54) is 32.1 Å². The highest BCUT2D eigenvalue weighted by Gasteiger charge is 2.20. The highest BCUT2D eigenvalue weighted by molar-refractivity contribution is 4.77. The molecule has 0 amide bonds. The van der Waals surface area contributed by atoms with E-state index in [1.807, 2.05) is 0 Å². The largest absolute Gasteiger partial charge is 0.373 e. The first-order valence-electron chi connectivity index (χ1n) is 5.22. The summed E-state index contributed by atoms with van der Waals surface area (Å²) in [4.78, 5) is 0. The predicted molar refractivity (Wildman–Crippen MR) is 52.0 cm³/mol. The van der Waals surface area contributed by atoms with Crippen LogP contribution < -0.4 is 0 Å². The first-order chi connectivity index (χ1) is 5.79. The molecule has 0 aromatic carbocycles. The van der Waals surface area contributed by atoms with Gasteiger partial charge in [-0.1, -0.05) is 39.5 Å². The van der Waals surface area contributed by atoms with Gasteiger partial charge in [-0.05, 0) is 18.8 Å². The summed E-state index contributed by atoms with van der Waals surface area (Å²) in [5.41, 5.74) is 0. The first kappa shape index (κ1) is 10.0. The van der Waals surface area contributed by atoms with Gasteiger partial charge in [-0.3, -0.25) is 0 Å². The molecule has 0 aromatic rings. The van der Waals surface area contributed by atoms with Crippen LogP contribution in [0.15, 0.2) is 0 Å². The van der Waals surface area contributed by atoms with Gasteiger partial charge in [0.1, 0.15) is 0 Å². The molecule has 71 valence electrons.